The monoisotopic (exact) mass is 260 g/mol. The Hall–Kier alpha value is -1.47. The van der Waals surface area contributed by atoms with E-state index in [1.165, 1.54) is 11.1 Å². The predicted octanol–water partition coefficient (Wildman–Crippen LogP) is 5.56. The third-order valence-corrected chi connectivity index (χ3v) is 3.00. The molecule has 0 heterocycles. The maximum Gasteiger partial charge on any atom is 0.129 e. The largest absolute Gasteiger partial charge is 0.457 e. The van der Waals surface area contributed by atoms with E-state index >= 15 is 0 Å². The van der Waals surface area contributed by atoms with E-state index in [0.717, 1.165) is 11.5 Å². The van der Waals surface area contributed by atoms with Crippen molar-refractivity contribution in [3.8, 4) is 11.5 Å². The van der Waals surface area contributed by atoms with Crippen molar-refractivity contribution >= 4 is 11.6 Å². The number of aryl methyl sites for hydroxylation is 1. The highest BCUT2D eigenvalue weighted by Gasteiger charge is 2.05. The molecule has 0 unspecified atom stereocenters. The van der Waals surface area contributed by atoms with Crippen LogP contribution in [-0.4, -0.2) is 0 Å². The van der Waals surface area contributed by atoms with Gasteiger partial charge in [-0.3, -0.25) is 0 Å². The summed E-state index contributed by atoms with van der Waals surface area (Å²) in [6.45, 7) is 6.33. The Kier molecular flexibility index (Phi) is 3.93. The van der Waals surface area contributed by atoms with Gasteiger partial charge < -0.3 is 4.74 Å². The molecular formula is C16H17ClO. The minimum atomic E-state index is 0.434. The van der Waals surface area contributed by atoms with E-state index in [-0.39, 0.29) is 0 Å². The minimum Gasteiger partial charge on any atom is -0.457 e. The molecule has 2 rings (SSSR count). The first-order chi connectivity index (χ1) is 8.54. The van der Waals surface area contributed by atoms with Crippen LogP contribution in [0.5, 0.6) is 11.5 Å². The molecule has 0 bridgehead atoms. The molecule has 18 heavy (non-hydrogen) atoms. The van der Waals surface area contributed by atoms with Gasteiger partial charge in [-0.05, 0) is 54.3 Å². The molecule has 0 aliphatic heterocycles. The highest BCUT2D eigenvalue weighted by molar-refractivity contribution is 6.30. The van der Waals surface area contributed by atoms with E-state index in [9.17, 15) is 0 Å². The molecule has 0 fully saturated rings. The Morgan fingerprint density at radius 1 is 1.00 bits per heavy atom. The van der Waals surface area contributed by atoms with Gasteiger partial charge in [-0.25, -0.2) is 0 Å². The Labute approximate surface area is 113 Å². The van der Waals surface area contributed by atoms with Gasteiger partial charge in [0.1, 0.15) is 11.5 Å². The summed E-state index contributed by atoms with van der Waals surface area (Å²) in [5.41, 5.74) is 2.36. The van der Waals surface area contributed by atoms with Gasteiger partial charge in [0.15, 0.2) is 0 Å². The number of ether oxygens (including phenoxy) is 1. The number of rotatable bonds is 3. The summed E-state index contributed by atoms with van der Waals surface area (Å²) in [5, 5.41) is 0.712. The fraction of sp³-hybridized carbons (Fsp3) is 0.250. The van der Waals surface area contributed by atoms with Crippen molar-refractivity contribution in [2.24, 2.45) is 0 Å². The molecule has 0 aliphatic rings. The van der Waals surface area contributed by atoms with Gasteiger partial charge in [0.25, 0.3) is 0 Å². The van der Waals surface area contributed by atoms with E-state index in [2.05, 4.69) is 13.8 Å². The van der Waals surface area contributed by atoms with Gasteiger partial charge in [0.05, 0.1) is 0 Å². The van der Waals surface area contributed by atoms with Gasteiger partial charge in [-0.15, -0.1) is 0 Å². The smallest absolute Gasteiger partial charge is 0.129 e. The van der Waals surface area contributed by atoms with Crippen molar-refractivity contribution in [3.05, 3.63) is 58.6 Å². The van der Waals surface area contributed by atoms with Crippen LogP contribution in [0.15, 0.2) is 42.5 Å². The molecule has 0 amide bonds. The van der Waals surface area contributed by atoms with Crippen LogP contribution in [0.3, 0.4) is 0 Å². The summed E-state index contributed by atoms with van der Waals surface area (Å²) in [7, 11) is 0. The summed E-state index contributed by atoms with van der Waals surface area (Å²) in [4.78, 5) is 0. The lowest BCUT2D eigenvalue weighted by Gasteiger charge is -2.11. The molecule has 0 atom stereocenters. The molecule has 0 radical (unpaired) electrons. The summed E-state index contributed by atoms with van der Waals surface area (Å²) in [5.74, 6) is 2.06. The summed E-state index contributed by atoms with van der Waals surface area (Å²) < 4.78 is 5.85. The maximum atomic E-state index is 6.11. The van der Waals surface area contributed by atoms with E-state index < -0.39 is 0 Å². The quantitative estimate of drug-likeness (QED) is 0.702. The van der Waals surface area contributed by atoms with Crippen LogP contribution in [0.25, 0.3) is 0 Å². The molecule has 2 aromatic rings. The van der Waals surface area contributed by atoms with Crippen LogP contribution in [0, 0.1) is 6.92 Å². The fourth-order valence-electron chi connectivity index (χ4n) is 1.79. The standard InChI is InChI=1S/C16H17ClO/c1-11(2)13-8-14(17)10-16(9-13)18-15-6-4-5-12(3)7-15/h4-11H,1-3H3. The third-order valence-electron chi connectivity index (χ3n) is 2.79. The molecule has 94 valence electrons. The lowest BCUT2D eigenvalue weighted by molar-refractivity contribution is 0.481. The van der Waals surface area contributed by atoms with Crippen molar-refractivity contribution in [2.75, 3.05) is 0 Å². The van der Waals surface area contributed by atoms with Crippen LogP contribution >= 0.6 is 11.6 Å². The average Bonchev–Trinajstić information content (AvgIpc) is 2.28. The van der Waals surface area contributed by atoms with Crippen molar-refractivity contribution < 1.29 is 4.74 Å². The van der Waals surface area contributed by atoms with E-state index in [1.807, 2.05) is 49.4 Å². The van der Waals surface area contributed by atoms with Gasteiger partial charge in [-0.2, -0.15) is 0 Å². The van der Waals surface area contributed by atoms with Crippen LogP contribution in [0.4, 0.5) is 0 Å². The molecule has 2 heteroatoms. The minimum absolute atomic E-state index is 0.434. The van der Waals surface area contributed by atoms with Crippen LogP contribution in [0.1, 0.15) is 30.9 Å². The zero-order valence-corrected chi connectivity index (χ0v) is 11.7. The number of halogens is 1. The molecule has 0 aromatic heterocycles. The Balaban J connectivity index is 2.29. The predicted molar refractivity (Wildman–Crippen MR) is 76.8 cm³/mol. The molecular weight excluding hydrogens is 244 g/mol. The van der Waals surface area contributed by atoms with Crippen molar-refractivity contribution in [1.29, 1.82) is 0 Å². The Morgan fingerprint density at radius 2 is 1.78 bits per heavy atom. The normalized spacial score (nSPS) is 10.7. The van der Waals surface area contributed by atoms with Gasteiger partial charge in [-0.1, -0.05) is 37.6 Å². The number of hydrogen-bond donors (Lipinski definition) is 0. The van der Waals surface area contributed by atoms with Crippen molar-refractivity contribution in [2.45, 2.75) is 26.7 Å². The van der Waals surface area contributed by atoms with Crippen molar-refractivity contribution in [1.82, 2.24) is 0 Å². The second kappa shape index (κ2) is 5.45. The van der Waals surface area contributed by atoms with Crippen LogP contribution < -0.4 is 4.74 Å². The zero-order valence-electron chi connectivity index (χ0n) is 10.9. The summed E-state index contributed by atoms with van der Waals surface area (Å²) >= 11 is 6.11. The molecule has 1 nitrogen and oxygen atoms in total. The molecule has 0 N–H and O–H groups in total. The van der Waals surface area contributed by atoms with Crippen LogP contribution in [0.2, 0.25) is 5.02 Å². The van der Waals surface area contributed by atoms with E-state index in [0.29, 0.717) is 10.9 Å². The molecule has 0 aliphatic carbocycles. The highest BCUT2D eigenvalue weighted by atomic mass is 35.5. The lowest BCUT2D eigenvalue weighted by atomic mass is 10.0. The average molecular weight is 261 g/mol. The van der Waals surface area contributed by atoms with E-state index in [4.69, 9.17) is 16.3 Å². The number of hydrogen-bond acceptors (Lipinski definition) is 1. The lowest BCUT2D eigenvalue weighted by Crippen LogP contribution is -1.90. The summed E-state index contributed by atoms with van der Waals surface area (Å²) in [6.07, 6.45) is 0. The van der Waals surface area contributed by atoms with Gasteiger partial charge in [0, 0.05) is 5.02 Å². The summed E-state index contributed by atoms with van der Waals surface area (Å²) in [6, 6.07) is 13.9. The first-order valence-electron chi connectivity index (χ1n) is 6.09. The fourth-order valence-corrected chi connectivity index (χ4v) is 2.03. The second-order valence-corrected chi connectivity index (χ2v) is 5.23. The molecule has 0 saturated heterocycles. The molecule has 0 saturated carbocycles. The Morgan fingerprint density at radius 3 is 2.44 bits per heavy atom. The van der Waals surface area contributed by atoms with Crippen LogP contribution in [-0.2, 0) is 0 Å². The SMILES string of the molecule is Cc1cccc(Oc2cc(Cl)cc(C(C)C)c2)c1. The molecule has 0 spiro atoms. The van der Waals surface area contributed by atoms with Gasteiger partial charge in [0.2, 0.25) is 0 Å². The zero-order chi connectivity index (χ0) is 13.1. The Bertz CT molecular complexity index is 547. The third kappa shape index (κ3) is 3.27. The van der Waals surface area contributed by atoms with Crippen molar-refractivity contribution in [3.63, 3.8) is 0 Å². The van der Waals surface area contributed by atoms with E-state index in [1.54, 1.807) is 0 Å². The maximum absolute atomic E-state index is 6.11. The topological polar surface area (TPSA) is 9.23 Å². The first-order valence-corrected chi connectivity index (χ1v) is 6.47. The molecule has 2 aromatic carbocycles. The van der Waals surface area contributed by atoms with Gasteiger partial charge >= 0.3 is 0 Å². The first kappa shape index (κ1) is 13.0. The number of benzene rings is 2. The second-order valence-electron chi connectivity index (χ2n) is 4.79. The highest BCUT2D eigenvalue weighted by Crippen LogP contribution is 2.29.